The lowest BCUT2D eigenvalue weighted by Gasteiger charge is -2.18. The Morgan fingerprint density at radius 3 is 1.07 bits per heavy atom. The smallest absolute Gasteiger partial charge is 0.306 e. The molecule has 60 heavy (non-hydrogen) atoms. The van der Waals surface area contributed by atoms with Crippen LogP contribution in [0.4, 0.5) is 0 Å². The highest BCUT2D eigenvalue weighted by atomic mass is 16.6. The van der Waals surface area contributed by atoms with Crippen molar-refractivity contribution >= 4 is 11.9 Å². The molecule has 0 aliphatic carbocycles. The second-order valence-electron chi connectivity index (χ2n) is 18.1. The number of hydrogen-bond donors (Lipinski definition) is 0. The number of carbonyl (C=O) groups is 2. The first-order valence-electron chi connectivity index (χ1n) is 26.9. The fraction of sp³-hybridized carbons (Fsp3) is 0.891. The molecule has 0 saturated heterocycles. The van der Waals surface area contributed by atoms with Gasteiger partial charge in [-0.1, -0.05) is 238 Å². The minimum absolute atomic E-state index is 0.0861. The SMILES string of the molecule is CCCC/C=C\CCCCCCCCOCC(COC(=O)CCCCCCCCCCCCCCCCCCC)OC(=O)CCCCCCC/C=C\CCCCCCCC. The Morgan fingerprint density at radius 2 is 0.667 bits per heavy atom. The summed E-state index contributed by atoms with van der Waals surface area (Å²) in [5, 5.41) is 0. The summed E-state index contributed by atoms with van der Waals surface area (Å²) in [6, 6.07) is 0. The van der Waals surface area contributed by atoms with E-state index < -0.39 is 6.10 Å². The number of hydrogen-bond acceptors (Lipinski definition) is 5. The molecule has 0 amide bonds. The van der Waals surface area contributed by atoms with Crippen LogP contribution >= 0.6 is 0 Å². The highest BCUT2D eigenvalue weighted by Gasteiger charge is 2.17. The average Bonchev–Trinajstić information content (AvgIpc) is 3.25. The standard InChI is InChI=1S/C55H104O5/c1-4-7-10-13-16-19-22-25-27-28-30-31-33-36-39-42-45-48-54(56)59-52-53(51-58-50-47-44-41-38-35-24-21-18-15-12-9-6-3)60-55(57)49-46-43-40-37-34-32-29-26-23-20-17-14-11-8-5-2/h15,18,26,29,53H,4-14,16-17,19-25,27-28,30-52H2,1-3H3/b18-15-,29-26-. The Labute approximate surface area is 375 Å². The Bertz CT molecular complexity index is 913. The van der Waals surface area contributed by atoms with Crippen LogP contribution in [0.15, 0.2) is 24.3 Å². The van der Waals surface area contributed by atoms with E-state index in [9.17, 15) is 9.59 Å². The van der Waals surface area contributed by atoms with Crippen LogP contribution in [-0.4, -0.2) is 37.9 Å². The molecule has 0 aliphatic rings. The monoisotopic (exact) mass is 845 g/mol. The number of unbranched alkanes of at least 4 members (excludes halogenated alkanes) is 35. The highest BCUT2D eigenvalue weighted by molar-refractivity contribution is 5.70. The molecule has 0 rings (SSSR count). The molecule has 0 heterocycles. The molecule has 0 spiro atoms. The first-order chi connectivity index (χ1) is 29.6. The zero-order valence-electron chi connectivity index (χ0n) is 40.7. The second kappa shape index (κ2) is 51.7. The van der Waals surface area contributed by atoms with Gasteiger partial charge in [-0.25, -0.2) is 0 Å². The topological polar surface area (TPSA) is 61.8 Å². The third-order valence-electron chi connectivity index (χ3n) is 12.0. The Kier molecular flexibility index (Phi) is 50.3. The van der Waals surface area contributed by atoms with Gasteiger partial charge in [-0.2, -0.15) is 0 Å². The molecule has 1 unspecified atom stereocenters. The predicted octanol–water partition coefficient (Wildman–Crippen LogP) is 18.0. The van der Waals surface area contributed by atoms with Crippen LogP contribution in [0.2, 0.25) is 0 Å². The van der Waals surface area contributed by atoms with Crippen molar-refractivity contribution in [1.82, 2.24) is 0 Å². The molecular formula is C55H104O5. The van der Waals surface area contributed by atoms with Gasteiger partial charge in [-0.3, -0.25) is 9.59 Å². The van der Waals surface area contributed by atoms with Gasteiger partial charge in [0.2, 0.25) is 0 Å². The van der Waals surface area contributed by atoms with Crippen LogP contribution in [0.3, 0.4) is 0 Å². The molecule has 0 bridgehead atoms. The van der Waals surface area contributed by atoms with Gasteiger partial charge < -0.3 is 14.2 Å². The third kappa shape index (κ3) is 49.0. The minimum atomic E-state index is -0.537. The molecule has 0 saturated carbocycles. The fourth-order valence-corrected chi connectivity index (χ4v) is 7.90. The largest absolute Gasteiger partial charge is 0.462 e. The molecule has 0 aromatic rings. The Balaban J connectivity index is 4.21. The first-order valence-corrected chi connectivity index (χ1v) is 26.9. The van der Waals surface area contributed by atoms with E-state index in [-0.39, 0.29) is 25.2 Å². The summed E-state index contributed by atoms with van der Waals surface area (Å²) < 4.78 is 17.4. The van der Waals surface area contributed by atoms with Crippen LogP contribution in [0.5, 0.6) is 0 Å². The summed E-state index contributed by atoms with van der Waals surface area (Å²) in [6.45, 7) is 7.82. The maximum Gasteiger partial charge on any atom is 0.306 e. The summed E-state index contributed by atoms with van der Waals surface area (Å²) in [7, 11) is 0. The molecule has 1 atom stereocenters. The molecule has 0 aromatic carbocycles. The van der Waals surface area contributed by atoms with Crippen LogP contribution in [0.1, 0.15) is 290 Å². The van der Waals surface area contributed by atoms with E-state index in [1.54, 1.807) is 0 Å². The van der Waals surface area contributed by atoms with Crippen molar-refractivity contribution in [1.29, 1.82) is 0 Å². The van der Waals surface area contributed by atoms with Gasteiger partial charge in [-0.05, 0) is 64.2 Å². The molecule has 0 aliphatic heterocycles. The van der Waals surface area contributed by atoms with Crippen molar-refractivity contribution in [2.75, 3.05) is 19.8 Å². The zero-order valence-corrected chi connectivity index (χ0v) is 40.7. The van der Waals surface area contributed by atoms with E-state index in [4.69, 9.17) is 14.2 Å². The van der Waals surface area contributed by atoms with E-state index in [1.165, 1.54) is 205 Å². The van der Waals surface area contributed by atoms with Crippen LogP contribution in [0.25, 0.3) is 0 Å². The molecule has 0 N–H and O–H groups in total. The van der Waals surface area contributed by atoms with Gasteiger partial charge in [0.1, 0.15) is 6.61 Å². The summed E-state index contributed by atoms with van der Waals surface area (Å²) in [5.74, 6) is -0.392. The minimum Gasteiger partial charge on any atom is -0.462 e. The van der Waals surface area contributed by atoms with E-state index >= 15 is 0 Å². The second-order valence-corrected chi connectivity index (χ2v) is 18.1. The molecule has 0 aromatic heterocycles. The lowest BCUT2D eigenvalue weighted by atomic mass is 10.0. The van der Waals surface area contributed by atoms with Crippen molar-refractivity contribution in [3.8, 4) is 0 Å². The van der Waals surface area contributed by atoms with Crippen molar-refractivity contribution in [2.45, 2.75) is 297 Å². The van der Waals surface area contributed by atoms with Crippen molar-refractivity contribution < 1.29 is 23.8 Å². The summed E-state index contributed by atoms with van der Waals surface area (Å²) in [5.41, 5.74) is 0. The first kappa shape index (κ1) is 58.4. The predicted molar refractivity (Wildman–Crippen MR) is 261 cm³/mol. The quantitative estimate of drug-likeness (QED) is 0.0347. The fourth-order valence-electron chi connectivity index (χ4n) is 7.90. The van der Waals surface area contributed by atoms with Crippen LogP contribution in [0, 0.1) is 0 Å². The third-order valence-corrected chi connectivity index (χ3v) is 12.0. The molecule has 5 nitrogen and oxygen atoms in total. The number of esters is 2. The number of carbonyl (C=O) groups excluding carboxylic acids is 2. The van der Waals surface area contributed by atoms with Gasteiger partial charge in [-0.15, -0.1) is 0 Å². The number of allylic oxidation sites excluding steroid dienone is 4. The van der Waals surface area contributed by atoms with E-state index in [1.807, 2.05) is 0 Å². The Morgan fingerprint density at radius 1 is 0.350 bits per heavy atom. The van der Waals surface area contributed by atoms with E-state index in [0.29, 0.717) is 19.4 Å². The van der Waals surface area contributed by atoms with Gasteiger partial charge in [0.15, 0.2) is 6.10 Å². The molecule has 0 radical (unpaired) electrons. The number of rotatable bonds is 50. The summed E-state index contributed by atoms with van der Waals surface area (Å²) in [4.78, 5) is 25.4. The zero-order chi connectivity index (χ0) is 43.5. The van der Waals surface area contributed by atoms with Crippen molar-refractivity contribution in [2.24, 2.45) is 0 Å². The van der Waals surface area contributed by atoms with Crippen molar-refractivity contribution in [3.63, 3.8) is 0 Å². The molecule has 354 valence electrons. The van der Waals surface area contributed by atoms with Gasteiger partial charge in [0.25, 0.3) is 0 Å². The molecule has 0 fully saturated rings. The summed E-state index contributed by atoms with van der Waals surface area (Å²) >= 11 is 0. The number of ether oxygens (including phenoxy) is 3. The maximum absolute atomic E-state index is 12.8. The van der Waals surface area contributed by atoms with Crippen molar-refractivity contribution in [3.05, 3.63) is 24.3 Å². The van der Waals surface area contributed by atoms with E-state index in [0.717, 1.165) is 51.4 Å². The Hall–Kier alpha value is -1.62. The van der Waals surface area contributed by atoms with Gasteiger partial charge in [0.05, 0.1) is 6.61 Å². The highest BCUT2D eigenvalue weighted by Crippen LogP contribution is 2.16. The lowest BCUT2D eigenvalue weighted by molar-refractivity contribution is -0.163. The van der Waals surface area contributed by atoms with Gasteiger partial charge in [0, 0.05) is 19.4 Å². The average molecular weight is 845 g/mol. The van der Waals surface area contributed by atoms with Gasteiger partial charge >= 0.3 is 11.9 Å². The normalized spacial score (nSPS) is 12.2. The molecule has 5 heteroatoms. The van der Waals surface area contributed by atoms with Crippen LogP contribution in [-0.2, 0) is 23.8 Å². The maximum atomic E-state index is 12.8. The lowest BCUT2D eigenvalue weighted by Crippen LogP contribution is -2.30. The van der Waals surface area contributed by atoms with Crippen LogP contribution < -0.4 is 0 Å². The van der Waals surface area contributed by atoms with E-state index in [2.05, 4.69) is 45.1 Å². The molecular weight excluding hydrogens is 741 g/mol. The summed E-state index contributed by atoms with van der Waals surface area (Å²) in [6.07, 6.45) is 60.4.